The van der Waals surface area contributed by atoms with Gasteiger partial charge in [0.15, 0.2) is 23.0 Å². The van der Waals surface area contributed by atoms with Gasteiger partial charge in [-0.1, -0.05) is 6.07 Å². The Labute approximate surface area is 157 Å². The molecule has 7 heteroatoms. The Morgan fingerprint density at radius 3 is 2.44 bits per heavy atom. The van der Waals surface area contributed by atoms with Crippen LogP contribution in [0.4, 0.5) is 0 Å². The molecule has 2 aliphatic heterocycles. The van der Waals surface area contributed by atoms with Crippen LogP contribution in [0.3, 0.4) is 0 Å². The van der Waals surface area contributed by atoms with Crippen LogP contribution < -0.4 is 29.0 Å². The Morgan fingerprint density at radius 1 is 0.963 bits per heavy atom. The van der Waals surface area contributed by atoms with Gasteiger partial charge in [-0.05, 0) is 36.8 Å². The maximum absolute atomic E-state index is 12.8. The van der Waals surface area contributed by atoms with Crippen molar-refractivity contribution in [3.05, 3.63) is 41.5 Å². The van der Waals surface area contributed by atoms with Crippen LogP contribution in [0, 0.1) is 0 Å². The zero-order chi connectivity index (χ0) is 18.8. The molecule has 2 aromatic carbocycles. The Morgan fingerprint density at radius 2 is 1.67 bits per heavy atom. The molecule has 2 aromatic rings. The minimum absolute atomic E-state index is 0.215. The Kier molecular flexibility index (Phi) is 4.66. The topological polar surface area (TPSA) is 75.3 Å². The van der Waals surface area contributed by atoms with Crippen molar-refractivity contribution in [3.63, 3.8) is 0 Å². The van der Waals surface area contributed by atoms with Gasteiger partial charge >= 0.3 is 0 Å². The lowest BCUT2D eigenvalue weighted by atomic mass is 10.1. The number of hydrogen-bond acceptors (Lipinski definition) is 6. The van der Waals surface area contributed by atoms with Crippen LogP contribution in [0.1, 0.15) is 28.9 Å². The Balaban J connectivity index is 1.53. The summed E-state index contributed by atoms with van der Waals surface area (Å²) in [4.78, 5) is 12.8. The first-order valence-corrected chi connectivity index (χ1v) is 8.84. The van der Waals surface area contributed by atoms with E-state index in [1.54, 1.807) is 12.1 Å². The molecule has 0 unspecified atom stereocenters. The molecule has 0 radical (unpaired) electrons. The number of benzene rings is 2. The van der Waals surface area contributed by atoms with E-state index in [1.807, 2.05) is 25.1 Å². The van der Waals surface area contributed by atoms with Gasteiger partial charge in [0.2, 0.25) is 5.75 Å². The number of ether oxygens (including phenoxy) is 5. The van der Waals surface area contributed by atoms with Crippen LogP contribution in [0.15, 0.2) is 30.3 Å². The van der Waals surface area contributed by atoms with Gasteiger partial charge in [0.1, 0.15) is 26.4 Å². The normalized spacial score (nSPS) is 15.6. The molecule has 0 saturated heterocycles. The van der Waals surface area contributed by atoms with Crippen LogP contribution >= 0.6 is 0 Å². The van der Waals surface area contributed by atoms with Crippen molar-refractivity contribution in [2.45, 2.75) is 13.0 Å². The second kappa shape index (κ2) is 7.26. The summed E-state index contributed by atoms with van der Waals surface area (Å²) < 4.78 is 27.7. The van der Waals surface area contributed by atoms with E-state index >= 15 is 0 Å². The molecule has 0 spiro atoms. The molecule has 1 amide bonds. The van der Waals surface area contributed by atoms with Crippen LogP contribution in [-0.2, 0) is 0 Å². The van der Waals surface area contributed by atoms with Gasteiger partial charge in [0.05, 0.1) is 13.2 Å². The zero-order valence-corrected chi connectivity index (χ0v) is 15.2. The van der Waals surface area contributed by atoms with Crippen molar-refractivity contribution in [2.24, 2.45) is 0 Å². The average Bonchev–Trinajstić information content (AvgIpc) is 2.72. The molecule has 0 saturated carbocycles. The largest absolute Gasteiger partial charge is 0.493 e. The van der Waals surface area contributed by atoms with Crippen molar-refractivity contribution in [2.75, 3.05) is 33.5 Å². The molecular formula is C20H21NO6. The number of rotatable bonds is 4. The van der Waals surface area contributed by atoms with Crippen molar-refractivity contribution in [3.8, 4) is 28.7 Å². The first-order valence-electron chi connectivity index (χ1n) is 8.84. The number of carbonyl (C=O) groups is 1. The summed E-state index contributed by atoms with van der Waals surface area (Å²) in [6.07, 6.45) is 0. The molecule has 0 bridgehead atoms. The number of amides is 1. The van der Waals surface area contributed by atoms with Crippen molar-refractivity contribution < 1.29 is 28.5 Å². The molecule has 2 aliphatic rings. The third kappa shape index (κ3) is 3.45. The first-order chi connectivity index (χ1) is 13.2. The van der Waals surface area contributed by atoms with Crippen molar-refractivity contribution >= 4 is 5.91 Å². The molecule has 0 aromatic heterocycles. The number of carbonyl (C=O) groups excluding carboxylic acids is 1. The SMILES string of the molecule is COc1cc(C(=O)N[C@H](C)c2ccc3c(c2)OCCO3)cc2c1OCCO2. The van der Waals surface area contributed by atoms with Gasteiger partial charge < -0.3 is 29.0 Å². The van der Waals surface area contributed by atoms with Gasteiger partial charge in [-0.25, -0.2) is 0 Å². The monoisotopic (exact) mass is 371 g/mol. The summed E-state index contributed by atoms with van der Waals surface area (Å²) in [7, 11) is 1.53. The molecule has 0 fully saturated rings. The smallest absolute Gasteiger partial charge is 0.252 e. The fourth-order valence-corrected chi connectivity index (χ4v) is 3.10. The molecule has 142 valence electrons. The second-order valence-electron chi connectivity index (χ2n) is 6.30. The summed E-state index contributed by atoms with van der Waals surface area (Å²) in [6.45, 7) is 3.88. The molecule has 1 atom stereocenters. The van der Waals surface area contributed by atoms with E-state index in [4.69, 9.17) is 23.7 Å². The standard InChI is InChI=1S/C20H21NO6/c1-12(13-3-4-15-16(9-13)25-6-5-24-15)21-20(22)14-10-17(23-2)19-18(11-14)26-7-8-27-19/h3-4,9-12H,5-8H2,1-2H3,(H,21,22)/t12-/m1/s1. The third-order valence-corrected chi connectivity index (χ3v) is 4.50. The lowest BCUT2D eigenvalue weighted by molar-refractivity contribution is 0.0937. The minimum Gasteiger partial charge on any atom is -0.493 e. The maximum Gasteiger partial charge on any atom is 0.252 e. The lowest BCUT2D eigenvalue weighted by Crippen LogP contribution is -2.27. The van der Waals surface area contributed by atoms with Crippen molar-refractivity contribution in [1.82, 2.24) is 5.32 Å². The summed E-state index contributed by atoms with van der Waals surface area (Å²) in [5.74, 6) is 2.70. The van der Waals surface area contributed by atoms with E-state index in [0.29, 0.717) is 55.0 Å². The molecule has 7 nitrogen and oxygen atoms in total. The fraction of sp³-hybridized carbons (Fsp3) is 0.350. The van der Waals surface area contributed by atoms with E-state index < -0.39 is 0 Å². The molecular weight excluding hydrogens is 350 g/mol. The second-order valence-corrected chi connectivity index (χ2v) is 6.30. The zero-order valence-electron chi connectivity index (χ0n) is 15.2. The summed E-state index contributed by atoms with van der Waals surface area (Å²) in [6, 6.07) is 8.78. The number of fused-ring (bicyclic) bond motifs is 2. The van der Waals surface area contributed by atoms with E-state index in [0.717, 1.165) is 11.3 Å². The molecule has 1 N–H and O–H groups in total. The van der Waals surface area contributed by atoms with Gasteiger partial charge in [0.25, 0.3) is 5.91 Å². The quantitative estimate of drug-likeness (QED) is 0.891. The summed E-state index contributed by atoms with van der Waals surface area (Å²) in [5, 5.41) is 2.99. The number of nitrogens with one attached hydrogen (secondary N) is 1. The molecule has 4 rings (SSSR count). The van der Waals surface area contributed by atoms with Gasteiger partial charge in [-0.3, -0.25) is 4.79 Å². The van der Waals surface area contributed by atoms with E-state index in [9.17, 15) is 4.79 Å². The predicted molar refractivity (Wildman–Crippen MR) is 97.3 cm³/mol. The van der Waals surface area contributed by atoms with Gasteiger partial charge in [0, 0.05) is 5.56 Å². The third-order valence-electron chi connectivity index (χ3n) is 4.50. The average molecular weight is 371 g/mol. The maximum atomic E-state index is 12.8. The highest BCUT2D eigenvalue weighted by Gasteiger charge is 2.22. The number of hydrogen-bond donors (Lipinski definition) is 1. The van der Waals surface area contributed by atoms with Crippen LogP contribution in [-0.4, -0.2) is 39.4 Å². The van der Waals surface area contributed by atoms with Gasteiger partial charge in [-0.15, -0.1) is 0 Å². The number of methoxy groups -OCH3 is 1. The lowest BCUT2D eigenvalue weighted by Gasteiger charge is -2.22. The van der Waals surface area contributed by atoms with E-state index in [2.05, 4.69) is 5.32 Å². The first kappa shape index (κ1) is 17.3. The minimum atomic E-state index is -0.229. The summed E-state index contributed by atoms with van der Waals surface area (Å²) >= 11 is 0. The van der Waals surface area contributed by atoms with Crippen LogP contribution in [0.2, 0.25) is 0 Å². The predicted octanol–water partition coefficient (Wildman–Crippen LogP) is 2.73. The highest BCUT2D eigenvalue weighted by atomic mass is 16.6. The highest BCUT2D eigenvalue weighted by Crippen LogP contribution is 2.40. The van der Waals surface area contributed by atoms with Crippen LogP contribution in [0.25, 0.3) is 0 Å². The summed E-state index contributed by atoms with van der Waals surface area (Å²) in [5.41, 5.74) is 1.37. The van der Waals surface area contributed by atoms with Crippen molar-refractivity contribution in [1.29, 1.82) is 0 Å². The van der Waals surface area contributed by atoms with E-state index in [1.165, 1.54) is 7.11 Å². The van der Waals surface area contributed by atoms with Gasteiger partial charge in [-0.2, -0.15) is 0 Å². The Bertz CT molecular complexity index is 849. The molecule has 2 heterocycles. The fourth-order valence-electron chi connectivity index (χ4n) is 3.10. The molecule has 27 heavy (non-hydrogen) atoms. The van der Waals surface area contributed by atoms with Crippen LogP contribution in [0.5, 0.6) is 28.7 Å². The molecule has 0 aliphatic carbocycles. The highest BCUT2D eigenvalue weighted by molar-refractivity contribution is 5.96. The Hall–Kier alpha value is -3.09. The van der Waals surface area contributed by atoms with E-state index in [-0.39, 0.29) is 11.9 Å².